The Hall–Kier alpha value is -2.31. The van der Waals surface area contributed by atoms with Crippen LogP contribution in [0.3, 0.4) is 0 Å². The molecule has 0 aliphatic carbocycles. The summed E-state index contributed by atoms with van der Waals surface area (Å²) in [6.07, 6.45) is 0. The smallest absolute Gasteiger partial charge is 0.339 e. The largest absolute Gasteiger partial charge is 0.465 e. The lowest BCUT2D eigenvalue weighted by Crippen LogP contribution is -2.52. The number of aryl methyl sites for hydroxylation is 1. The first-order valence-corrected chi connectivity index (χ1v) is 6.95. The first-order valence-electron chi connectivity index (χ1n) is 6.95. The minimum Gasteiger partial charge on any atom is -0.465 e. The van der Waals surface area contributed by atoms with E-state index in [9.17, 15) is 9.59 Å². The molecular weight excluding hydrogens is 272 g/mol. The summed E-state index contributed by atoms with van der Waals surface area (Å²) in [6, 6.07) is 3.78. The Morgan fingerprint density at radius 3 is 2.95 bits per heavy atom. The van der Waals surface area contributed by atoms with Gasteiger partial charge in [0, 0.05) is 26.2 Å². The zero-order chi connectivity index (χ0) is 15.0. The Bertz CT molecular complexity index is 590. The Morgan fingerprint density at radius 2 is 2.24 bits per heavy atom. The number of piperazine rings is 1. The van der Waals surface area contributed by atoms with E-state index in [4.69, 9.17) is 4.74 Å². The maximum Gasteiger partial charge on any atom is 0.339 e. The van der Waals surface area contributed by atoms with Crippen molar-refractivity contribution in [3.63, 3.8) is 0 Å². The second-order valence-corrected chi connectivity index (χ2v) is 5.27. The Labute approximate surface area is 122 Å². The van der Waals surface area contributed by atoms with Crippen molar-refractivity contribution in [2.24, 2.45) is 0 Å². The summed E-state index contributed by atoms with van der Waals surface area (Å²) in [7, 11) is 1.36. The number of aromatic nitrogens is 1. The van der Waals surface area contributed by atoms with Gasteiger partial charge in [0.1, 0.15) is 5.82 Å². The summed E-state index contributed by atoms with van der Waals surface area (Å²) in [5, 5.41) is 2.86. The van der Waals surface area contributed by atoms with E-state index in [-0.39, 0.29) is 18.0 Å². The van der Waals surface area contributed by atoms with Gasteiger partial charge in [-0.15, -0.1) is 0 Å². The Balaban J connectivity index is 1.77. The molecule has 1 atom stereocenters. The highest BCUT2D eigenvalue weighted by Gasteiger charge is 2.35. The molecule has 2 aliphatic heterocycles. The van der Waals surface area contributed by atoms with Crippen molar-refractivity contribution in [3.05, 3.63) is 23.4 Å². The first kappa shape index (κ1) is 13.7. The van der Waals surface area contributed by atoms with E-state index in [0.717, 1.165) is 18.9 Å². The molecule has 0 aromatic carbocycles. The molecule has 1 aromatic heterocycles. The van der Waals surface area contributed by atoms with Gasteiger partial charge in [0.25, 0.3) is 0 Å². The van der Waals surface area contributed by atoms with Crippen molar-refractivity contribution in [2.45, 2.75) is 13.0 Å². The summed E-state index contributed by atoms with van der Waals surface area (Å²) in [5.41, 5.74) is 1.14. The number of anilines is 1. The van der Waals surface area contributed by atoms with E-state index in [1.807, 2.05) is 11.0 Å². The summed E-state index contributed by atoms with van der Waals surface area (Å²) < 4.78 is 4.73. The number of carbonyl (C=O) groups excluding carboxylic acids is 2. The van der Waals surface area contributed by atoms with Crippen LogP contribution in [-0.2, 0) is 4.74 Å². The maximum absolute atomic E-state index is 11.6. The zero-order valence-corrected chi connectivity index (χ0v) is 12.1. The molecule has 2 fully saturated rings. The normalized spacial score (nSPS) is 21.0. The summed E-state index contributed by atoms with van der Waals surface area (Å²) >= 11 is 0. The fourth-order valence-corrected chi connectivity index (χ4v) is 2.86. The number of nitrogens with zero attached hydrogens (tertiary/aromatic N) is 3. The molecule has 0 bridgehead atoms. The van der Waals surface area contributed by atoms with Crippen molar-refractivity contribution in [2.75, 3.05) is 38.2 Å². The van der Waals surface area contributed by atoms with E-state index in [0.29, 0.717) is 24.3 Å². The lowest BCUT2D eigenvalue weighted by molar-refractivity contribution is 0.0599. The van der Waals surface area contributed by atoms with Gasteiger partial charge in [-0.1, -0.05) is 0 Å². The van der Waals surface area contributed by atoms with Crippen molar-refractivity contribution < 1.29 is 14.3 Å². The molecule has 0 spiro atoms. The molecule has 3 rings (SSSR count). The van der Waals surface area contributed by atoms with Crippen molar-refractivity contribution >= 4 is 17.8 Å². The third-order valence-electron chi connectivity index (χ3n) is 4.03. The van der Waals surface area contributed by atoms with Gasteiger partial charge < -0.3 is 19.9 Å². The molecule has 0 saturated carbocycles. The minimum atomic E-state index is -0.373. The molecule has 1 N–H and O–H groups in total. The monoisotopic (exact) mass is 290 g/mol. The van der Waals surface area contributed by atoms with Gasteiger partial charge in [-0.2, -0.15) is 0 Å². The molecule has 1 aromatic rings. The maximum atomic E-state index is 11.6. The van der Waals surface area contributed by atoms with Gasteiger partial charge in [0.15, 0.2) is 0 Å². The number of esters is 1. The van der Waals surface area contributed by atoms with Crippen molar-refractivity contribution in [1.82, 2.24) is 15.2 Å². The number of rotatable bonds is 2. The zero-order valence-electron chi connectivity index (χ0n) is 12.1. The standard InChI is InChI=1S/C14H18N4O3/c1-9-11(13(19)21-2)3-4-12(16-9)17-5-6-18-10(8-17)7-15-14(18)20/h3-4,10H,5-8H2,1-2H3,(H,15,20). The third-order valence-corrected chi connectivity index (χ3v) is 4.03. The van der Waals surface area contributed by atoms with E-state index in [1.165, 1.54) is 7.11 Å². The molecule has 7 nitrogen and oxygen atoms in total. The fourth-order valence-electron chi connectivity index (χ4n) is 2.86. The summed E-state index contributed by atoms with van der Waals surface area (Å²) in [6.45, 7) is 4.66. The van der Waals surface area contributed by atoms with E-state index < -0.39 is 0 Å². The SMILES string of the molecule is COC(=O)c1ccc(N2CCN3C(=O)NCC3C2)nc1C. The number of fused-ring (bicyclic) bond motifs is 1. The Kier molecular flexibility index (Phi) is 3.40. The number of nitrogens with one attached hydrogen (secondary N) is 1. The van der Waals surface area contributed by atoms with Gasteiger partial charge >= 0.3 is 12.0 Å². The van der Waals surface area contributed by atoms with Crippen molar-refractivity contribution in [3.8, 4) is 0 Å². The minimum absolute atomic E-state index is 0.0184. The molecule has 21 heavy (non-hydrogen) atoms. The number of hydrogen-bond donors (Lipinski definition) is 1. The predicted octanol–water partition coefficient (Wildman–Crippen LogP) is 0.390. The molecule has 112 valence electrons. The van der Waals surface area contributed by atoms with E-state index in [2.05, 4.69) is 15.2 Å². The van der Waals surface area contributed by atoms with Gasteiger partial charge in [0.2, 0.25) is 0 Å². The molecule has 7 heteroatoms. The number of urea groups is 1. The second kappa shape index (κ2) is 5.23. The van der Waals surface area contributed by atoms with Gasteiger partial charge in [-0.25, -0.2) is 14.6 Å². The van der Waals surface area contributed by atoms with Crippen LogP contribution in [0.5, 0.6) is 0 Å². The van der Waals surface area contributed by atoms with Gasteiger partial charge in [-0.05, 0) is 19.1 Å². The molecular formula is C14H18N4O3. The van der Waals surface area contributed by atoms with E-state index in [1.54, 1.807) is 13.0 Å². The van der Waals surface area contributed by atoms with Gasteiger partial charge in [0.05, 0.1) is 24.4 Å². The van der Waals surface area contributed by atoms with Crippen LogP contribution in [0.2, 0.25) is 0 Å². The molecule has 1 unspecified atom stereocenters. The topological polar surface area (TPSA) is 74.8 Å². The van der Waals surface area contributed by atoms with Crippen LogP contribution >= 0.6 is 0 Å². The van der Waals surface area contributed by atoms with Crippen LogP contribution in [0.15, 0.2) is 12.1 Å². The Morgan fingerprint density at radius 1 is 1.43 bits per heavy atom. The lowest BCUT2D eigenvalue weighted by atomic mass is 10.1. The highest BCUT2D eigenvalue weighted by Crippen LogP contribution is 2.21. The number of amides is 2. The number of carbonyl (C=O) groups is 2. The number of pyridine rings is 1. The van der Waals surface area contributed by atoms with Crippen LogP contribution in [0, 0.1) is 6.92 Å². The summed E-state index contributed by atoms with van der Waals surface area (Å²) in [5.74, 6) is 0.459. The molecule has 2 amide bonds. The molecule has 2 saturated heterocycles. The molecule has 3 heterocycles. The van der Waals surface area contributed by atoms with Crippen LogP contribution in [-0.4, -0.2) is 61.2 Å². The number of methoxy groups -OCH3 is 1. The van der Waals surface area contributed by atoms with Crippen LogP contribution in [0.1, 0.15) is 16.1 Å². The number of ether oxygens (including phenoxy) is 1. The average Bonchev–Trinajstić information content (AvgIpc) is 2.87. The first-order chi connectivity index (χ1) is 10.1. The van der Waals surface area contributed by atoms with Gasteiger partial charge in [-0.3, -0.25) is 0 Å². The average molecular weight is 290 g/mol. The highest BCUT2D eigenvalue weighted by atomic mass is 16.5. The molecule has 0 radical (unpaired) electrons. The lowest BCUT2D eigenvalue weighted by Gasteiger charge is -2.37. The van der Waals surface area contributed by atoms with Crippen molar-refractivity contribution in [1.29, 1.82) is 0 Å². The third kappa shape index (κ3) is 2.39. The highest BCUT2D eigenvalue weighted by molar-refractivity contribution is 5.90. The quantitative estimate of drug-likeness (QED) is 0.798. The van der Waals surface area contributed by atoms with Crippen LogP contribution in [0.25, 0.3) is 0 Å². The predicted molar refractivity (Wildman–Crippen MR) is 76.4 cm³/mol. The van der Waals surface area contributed by atoms with Crippen LogP contribution in [0.4, 0.5) is 10.6 Å². The van der Waals surface area contributed by atoms with Crippen LogP contribution < -0.4 is 10.2 Å². The fraction of sp³-hybridized carbons (Fsp3) is 0.500. The second-order valence-electron chi connectivity index (χ2n) is 5.27. The van der Waals surface area contributed by atoms with E-state index >= 15 is 0 Å². The number of hydrogen-bond acceptors (Lipinski definition) is 5. The molecule has 2 aliphatic rings. The summed E-state index contributed by atoms with van der Waals surface area (Å²) in [4.78, 5) is 31.7.